The molecule has 10 heteroatoms. The van der Waals surface area contributed by atoms with E-state index in [1.807, 2.05) is 36.4 Å². The number of morpholine rings is 1. The van der Waals surface area contributed by atoms with Gasteiger partial charge in [0.2, 0.25) is 5.91 Å². The smallest absolute Gasteiger partial charge is 0.227 e. The quantitative estimate of drug-likeness (QED) is 0.372. The zero-order valence-electron chi connectivity index (χ0n) is 20.3. The second kappa shape index (κ2) is 10.9. The maximum absolute atomic E-state index is 12.6. The Bertz CT molecular complexity index is 1190. The summed E-state index contributed by atoms with van der Waals surface area (Å²) >= 11 is 0. The van der Waals surface area contributed by atoms with Crippen LogP contribution in [0.15, 0.2) is 42.6 Å². The molecule has 2 saturated heterocycles. The Hall–Kier alpha value is -3.76. The molecule has 0 saturated carbocycles. The molecular weight excluding hydrogens is 458 g/mol. The van der Waals surface area contributed by atoms with Crippen molar-refractivity contribution in [2.45, 2.75) is 25.8 Å². The average Bonchev–Trinajstić information content (AvgIpc) is 3.42. The molecule has 36 heavy (non-hydrogen) atoms. The van der Waals surface area contributed by atoms with Crippen LogP contribution < -0.4 is 15.5 Å². The summed E-state index contributed by atoms with van der Waals surface area (Å²) in [6, 6.07) is 11.8. The molecule has 3 aromatic rings. The number of ether oxygens (including phenoxy) is 2. The fourth-order valence-electron chi connectivity index (χ4n) is 4.63. The first-order valence-corrected chi connectivity index (χ1v) is 12.3. The SMILES string of the molecule is C[C@@H]1COCCN1c1cc(-c2ccc(NC(=O)C3CCOCC3)cc2)c(C=N)c(Nc2ccn[nH]2)n1. The van der Waals surface area contributed by atoms with Crippen LogP contribution in [0.2, 0.25) is 0 Å². The molecule has 1 amide bonds. The number of hydrogen-bond donors (Lipinski definition) is 4. The lowest BCUT2D eigenvalue weighted by atomic mass is 9.98. The van der Waals surface area contributed by atoms with Crippen molar-refractivity contribution in [1.82, 2.24) is 15.2 Å². The minimum absolute atomic E-state index is 0.0164. The van der Waals surface area contributed by atoms with E-state index < -0.39 is 0 Å². The maximum atomic E-state index is 12.6. The summed E-state index contributed by atoms with van der Waals surface area (Å²) in [5.74, 6) is 2.08. The Labute approximate surface area is 209 Å². The van der Waals surface area contributed by atoms with Crippen LogP contribution in [0.3, 0.4) is 0 Å². The van der Waals surface area contributed by atoms with Crippen molar-refractivity contribution in [1.29, 1.82) is 5.41 Å². The number of aromatic amines is 1. The van der Waals surface area contributed by atoms with Crippen LogP contribution in [0.25, 0.3) is 11.1 Å². The Balaban J connectivity index is 1.47. The van der Waals surface area contributed by atoms with E-state index in [-0.39, 0.29) is 17.9 Å². The van der Waals surface area contributed by atoms with Gasteiger partial charge in [-0.25, -0.2) is 4.98 Å². The number of pyridine rings is 1. The molecule has 1 aromatic carbocycles. The van der Waals surface area contributed by atoms with Crippen molar-refractivity contribution in [3.8, 4) is 11.1 Å². The van der Waals surface area contributed by atoms with Crippen molar-refractivity contribution in [3.05, 3.63) is 48.2 Å². The molecule has 0 aliphatic carbocycles. The minimum atomic E-state index is -0.0164. The third kappa shape index (κ3) is 5.24. The van der Waals surface area contributed by atoms with Gasteiger partial charge in [0.25, 0.3) is 0 Å². The molecule has 0 spiro atoms. The molecule has 188 valence electrons. The van der Waals surface area contributed by atoms with Gasteiger partial charge >= 0.3 is 0 Å². The number of H-pyrrole nitrogens is 1. The summed E-state index contributed by atoms with van der Waals surface area (Å²) in [6.45, 7) is 5.38. The van der Waals surface area contributed by atoms with Crippen molar-refractivity contribution in [2.24, 2.45) is 5.92 Å². The topological polar surface area (TPSA) is 128 Å². The molecule has 0 unspecified atom stereocenters. The van der Waals surface area contributed by atoms with Gasteiger partial charge in [-0.15, -0.1) is 0 Å². The van der Waals surface area contributed by atoms with Gasteiger partial charge in [-0.2, -0.15) is 5.10 Å². The Kier molecular flexibility index (Phi) is 7.24. The predicted octanol–water partition coefficient (Wildman–Crippen LogP) is 3.80. The highest BCUT2D eigenvalue weighted by molar-refractivity contribution is 5.97. The zero-order chi connectivity index (χ0) is 24.9. The van der Waals surface area contributed by atoms with Crippen molar-refractivity contribution < 1.29 is 14.3 Å². The van der Waals surface area contributed by atoms with E-state index in [0.29, 0.717) is 43.6 Å². The second-order valence-corrected chi connectivity index (χ2v) is 9.10. The van der Waals surface area contributed by atoms with Gasteiger partial charge < -0.3 is 30.4 Å². The molecule has 1 atom stereocenters. The van der Waals surface area contributed by atoms with E-state index in [2.05, 4.69) is 32.7 Å². The zero-order valence-corrected chi connectivity index (χ0v) is 20.3. The molecule has 4 heterocycles. The van der Waals surface area contributed by atoms with Crippen LogP contribution in [0.4, 0.5) is 23.1 Å². The normalized spacial score (nSPS) is 18.6. The lowest BCUT2D eigenvalue weighted by Gasteiger charge is -2.35. The number of carbonyl (C=O) groups is 1. The van der Waals surface area contributed by atoms with E-state index in [1.165, 1.54) is 6.21 Å². The van der Waals surface area contributed by atoms with Gasteiger partial charge in [0, 0.05) is 49.2 Å². The standard InChI is InChI=1S/C26H31N7O3/c1-17-16-36-13-10-33(17)24-14-21(22(15-27)25(31-24)30-23-6-9-28-32-23)18-2-4-20(5-3-18)29-26(34)19-7-11-35-12-8-19/h2-6,9,14-15,17,19,27H,7-8,10-13,16H2,1H3,(H,29,34)(H2,28,30,31,32)/t17-/m1/s1. The molecule has 2 fully saturated rings. The number of rotatable bonds is 7. The number of benzene rings is 1. The lowest BCUT2D eigenvalue weighted by molar-refractivity contribution is -0.122. The van der Waals surface area contributed by atoms with Crippen LogP contribution in [-0.4, -0.2) is 66.3 Å². The predicted molar refractivity (Wildman–Crippen MR) is 139 cm³/mol. The van der Waals surface area contributed by atoms with E-state index >= 15 is 0 Å². The number of aromatic nitrogens is 3. The summed E-state index contributed by atoms with van der Waals surface area (Å²) in [5, 5.41) is 21.4. The molecule has 0 bridgehead atoms. The van der Waals surface area contributed by atoms with E-state index in [1.54, 1.807) is 6.20 Å². The van der Waals surface area contributed by atoms with Crippen molar-refractivity contribution in [2.75, 3.05) is 48.5 Å². The number of nitrogens with zero attached hydrogens (tertiary/aromatic N) is 3. The Morgan fingerprint density at radius 1 is 1.17 bits per heavy atom. The summed E-state index contributed by atoms with van der Waals surface area (Å²) in [6.07, 6.45) is 4.47. The molecular formula is C26H31N7O3. The number of hydrogen-bond acceptors (Lipinski definition) is 8. The van der Waals surface area contributed by atoms with Crippen LogP contribution in [0.5, 0.6) is 0 Å². The van der Waals surface area contributed by atoms with Crippen molar-refractivity contribution in [3.63, 3.8) is 0 Å². The summed E-state index contributed by atoms with van der Waals surface area (Å²) in [5.41, 5.74) is 3.21. The molecule has 4 N–H and O–H groups in total. The number of anilines is 4. The van der Waals surface area contributed by atoms with Crippen LogP contribution in [0.1, 0.15) is 25.3 Å². The van der Waals surface area contributed by atoms with Gasteiger partial charge in [0.15, 0.2) is 0 Å². The number of nitrogens with one attached hydrogen (secondary N) is 4. The highest BCUT2D eigenvalue weighted by Crippen LogP contribution is 2.34. The Morgan fingerprint density at radius 3 is 2.67 bits per heavy atom. The third-order valence-corrected chi connectivity index (χ3v) is 6.66. The monoisotopic (exact) mass is 489 g/mol. The number of carbonyl (C=O) groups excluding carboxylic acids is 1. The largest absolute Gasteiger partial charge is 0.381 e. The summed E-state index contributed by atoms with van der Waals surface area (Å²) < 4.78 is 11.0. The maximum Gasteiger partial charge on any atom is 0.227 e. The van der Waals surface area contributed by atoms with Crippen LogP contribution in [0, 0.1) is 11.3 Å². The molecule has 5 rings (SSSR count). The summed E-state index contributed by atoms with van der Waals surface area (Å²) in [7, 11) is 0. The molecule has 2 aliphatic heterocycles. The molecule has 2 aromatic heterocycles. The Morgan fingerprint density at radius 2 is 1.97 bits per heavy atom. The third-order valence-electron chi connectivity index (χ3n) is 6.66. The van der Waals surface area contributed by atoms with Gasteiger partial charge in [0.1, 0.15) is 17.5 Å². The lowest BCUT2D eigenvalue weighted by Crippen LogP contribution is -2.44. The highest BCUT2D eigenvalue weighted by Gasteiger charge is 2.24. The van der Waals surface area contributed by atoms with E-state index in [0.717, 1.165) is 42.0 Å². The number of amides is 1. The van der Waals surface area contributed by atoms with E-state index in [9.17, 15) is 4.79 Å². The first-order chi connectivity index (χ1) is 17.6. The molecule has 2 aliphatic rings. The van der Waals surface area contributed by atoms with Gasteiger partial charge in [-0.1, -0.05) is 12.1 Å². The van der Waals surface area contributed by atoms with Crippen LogP contribution >= 0.6 is 0 Å². The fraction of sp³-hybridized carbons (Fsp3) is 0.385. The molecule has 0 radical (unpaired) electrons. The highest BCUT2D eigenvalue weighted by atomic mass is 16.5. The van der Waals surface area contributed by atoms with Crippen LogP contribution in [-0.2, 0) is 14.3 Å². The van der Waals surface area contributed by atoms with Crippen molar-refractivity contribution >= 4 is 35.3 Å². The molecule has 10 nitrogen and oxygen atoms in total. The van der Waals surface area contributed by atoms with Gasteiger partial charge in [-0.05, 0) is 49.1 Å². The van der Waals surface area contributed by atoms with Gasteiger partial charge in [-0.3, -0.25) is 9.89 Å². The first-order valence-electron chi connectivity index (χ1n) is 12.3. The van der Waals surface area contributed by atoms with Gasteiger partial charge in [0.05, 0.1) is 25.5 Å². The second-order valence-electron chi connectivity index (χ2n) is 9.10. The average molecular weight is 490 g/mol. The van der Waals surface area contributed by atoms with E-state index in [4.69, 9.17) is 19.9 Å². The summed E-state index contributed by atoms with van der Waals surface area (Å²) in [4.78, 5) is 19.7. The first kappa shape index (κ1) is 24.0. The minimum Gasteiger partial charge on any atom is -0.381 e. The fourth-order valence-corrected chi connectivity index (χ4v) is 4.63.